The van der Waals surface area contributed by atoms with Gasteiger partial charge in [0.1, 0.15) is 0 Å². The lowest BCUT2D eigenvalue weighted by atomic mass is 9.94. The second-order valence-corrected chi connectivity index (χ2v) is 6.55. The number of unbranched alkanes of at least 4 members (excludes halogenated alkanes) is 6. The first-order valence-electron chi connectivity index (χ1n) is 9.54. The summed E-state index contributed by atoms with van der Waals surface area (Å²) in [6.45, 7) is 8.61. The molecule has 0 aromatic heterocycles. The number of amides is 2. The summed E-state index contributed by atoms with van der Waals surface area (Å²) in [6.07, 6.45) is 8.61. The van der Waals surface area contributed by atoms with Crippen molar-refractivity contribution >= 4 is 17.6 Å². The topological polar surface area (TPSA) is 75.3 Å². The molecule has 2 N–H and O–H groups in total. The molecule has 5 nitrogen and oxygen atoms in total. The van der Waals surface area contributed by atoms with Crippen LogP contribution >= 0.6 is 0 Å². The zero-order valence-electron chi connectivity index (χ0n) is 16.0. The van der Waals surface area contributed by atoms with Gasteiger partial charge in [0.05, 0.1) is 11.8 Å². The Bertz CT molecular complexity index is 349. The van der Waals surface area contributed by atoms with Crippen LogP contribution in [-0.4, -0.2) is 30.7 Å². The fraction of sp³-hybridized carbons (Fsp3) is 0.842. The van der Waals surface area contributed by atoms with E-state index in [1.54, 1.807) is 13.8 Å². The van der Waals surface area contributed by atoms with E-state index in [2.05, 4.69) is 24.5 Å². The number of nitrogens with one attached hydrogen (secondary N) is 2. The maximum absolute atomic E-state index is 12.3. The van der Waals surface area contributed by atoms with E-state index in [1.807, 2.05) is 0 Å². The Labute approximate surface area is 147 Å². The van der Waals surface area contributed by atoms with Crippen molar-refractivity contribution < 1.29 is 14.4 Å². The van der Waals surface area contributed by atoms with Crippen molar-refractivity contribution in [2.45, 2.75) is 79.1 Å². The minimum Gasteiger partial charge on any atom is -0.355 e. The molecule has 0 aliphatic carbocycles. The van der Waals surface area contributed by atoms with E-state index in [4.69, 9.17) is 0 Å². The van der Waals surface area contributed by atoms with Crippen LogP contribution in [0.4, 0.5) is 0 Å². The van der Waals surface area contributed by atoms with Gasteiger partial charge in [-0.25, -0.2) is 0 Å². The second-order valence-electron chi connectivity index (χ2n) is 6.55. The van der Waals surface area contributed by atoms with Crippen molar-refractivity contribution in [1.29, 1.82) is 0 Å². The number of carbonyl (C=O) groups is 3. The fourth-order valence-electron chi connectivity index (χ4n) is 2.47. The van der Waals surface area contributed by atoms with Gasteiger partial charge in [0.2, 0.25) is 11.8 Å². The monoisotopic (exact) mass is 340 g/mol. The number of rotatable bonds is 14. The molecular weight excluding hydrogens is 304 g/mol. The van der Waals surface area contributed by atoms with Crippen molar-refractivity contribution in [2.75, 3.05) is 13.1 Å². The van der Waals surface area contributed by atoms with Crippen molar-refractivity contribution in [1.82, 2.24) is 10.6 Å². The lowest BCUT2D eigenvalue weighted by Gasteiger charge is -2.16. The molecule has 24 heavy (non-hydrogen) atoms. The quantitative estimate of drug-likeness (QED) is 0.376. The summed E-state index contributed by atoms with van der Waals surface area (Å²) in [6, 6.07) is 0. The molecule has 0 bridgehead atoms. The molecule has 2 unspecified atom stereocenters. The molecule has 0 aliphatic rings. The molecule has 2 atom stereocenters. The van der Waals surface area contributed by atoms with Crippen LogP contribution in [0.25, 0.3) is 0 Å². The Morgan fingerprint density at radius 1 is 0.667 bits per heavy atom. The molecule has 140 valence electrons. The SMILES string of the molecule is CCCCCCNC(=O)C(C)C(=O)C(C)C(=O)NCCCCCC. The Balaban J connectivity index is 4.10. The third kappa shape index (κ3) is 9.68. The normalized spacial score (nSPS) is 13.2. The van der Waals surface area contributed by atoms with Crippen molar-refractivity contribution in [3.05, 3.63) is 0 Å². The second kappa shape index (κ2) is 14.0. The zero-order chi connectivity index (χ0) is 18.4. The van der Waals surface area contributed by atoms with Crippen LogP contribution in [0.1, 0.15) is 79.1 Å². The maximum Gasteiger partial charge on any atom is 0.230 e. The summed E-state index contributed by atoms with van der Waals surface area (Å²) in [5, 5.41) is 5.58. The molecule has 0 spiro atoms. The van der Waals surface area contributed by atoms with Crippen LogP contribution in [0, 0.1) is 11.8 Å². The molecule has 0 aromatic carbocycles. The Kier molecular flexibility index (Phi) is 13.2. The van der Waals surface area contributed by atoms with E-state index in [0.29, 0.717) is 13.1 Å². The van der Waals surface area contributed by atoms with E-state index < -0.39 is 11.8 Å². The summed E-state index contributed by atoms with van der Waals surface area (Å²) in [5.74, 6) is -2.43. The predicted molar refractivity (Wildman–Crippen MR) is 97.6 cm³/mol. The smallest absolute Gasteiger partial charge is 0.230 e. The summed E-state index contributed by atoms with van der Waals surface area (Å²) in [5.41, 5.74) is 0. The largest absolute Gasteiger partial charge is 0.355 e. The van der Waals surface area contributed by atoms with E-state index in [-0.39, 0.29) is 17.6 Å². The summed E-state index contributed by atoms with van der Waals surface area (Å²) < 4.78 is 0. The third-order valence-electron chi connectivity index (χ3n) is 4.30. The van der Waals surface area contributed by atoms with Gasteiger partial charge in [-0.15, -0.1) is 0 Å². The standard InChI is InChI=1S/C19H36N2O3/c1-5-7-9-11-13-20-18(23)15(3)17(22)16(4)19(24)21-14-12-10-8-6-2/h15-16H,5-14H2,1-4H3,(H,20,23)(H,21,24). The van der Waals surface area contributed by atoms with Crippen LogP contribution in [0.15, 0.2) is 0 Å². The maximum atomic E-state index is 12.3. The lowest BCUT2D eigenvalue weighted by Crippen LogP contribution is -2.41. The molecule has 5 heteroatoms. The van der Waals surface area contributed by atoms with E-state index in [0.717, 1.165) is 51.4 Å². The molecule has 0 aliphatic heterocycles. The van der Waals surface area contributed by atoms with E-state index in [9.17, 15) is 14.4 Å². The highest BCUT2D eigenvalue weighted by Crippen LogP contribution is 2.08. The summed E-state index contributed by atoms with van der Waals surface area (Å²) in [4.78, 5) is 36.3. The van der Waals surface area contributed by atoms with Gasteiger partial charge in [-0.3, -0.25) is 14.4 Å². The summed E-state index contributed by atoms with van der Waals surface area (Å²) >= 11 is 0. The number of hydrogen-bond acceptors (Lipinski definition) is 3. The Morgan fingerprint density at radius 2 is 1.04 bits per heavy atom. The zero-order valence-corrected chi connectivity index (χ0v) is 16.0. The number of carbonyl (C=O) groups excluding carboxylic acids is 3. The first-order chi connectivity index (χ1) is 11.5. The van der Waals surface area contributed by atoms with Crippen LogP contribution in [0.5, 0.6) is 0 Å². The number of ketones is 1. The minimum absolute atomic E-state index is 0.279. The van der Waals surface area contributed by atoms with Gasteiger partial charge in [0, 0.05) is 13.1 Å². The van der Waals surface area contributed by atoms with Gasteiger partial charge in [-0.2, -0.15) is 0 Å². The van der Waals surface area contributed by atoms with E-state index >= 15 is 0 Å². The molecule has 0 radical (unpaired) electrons. The van der Waals surface area contributed by atoms with Crippen LogP contribution in [0.2, 0.25) is 0 Å². The molecule has 0 rings (SSSR count). The third-order valence-corrected chi connectivity index (χ3v) is 4.30. The molecule has 0 heterocycles. The van der Waals surface area contributed by atoms with Crippen molar-refractivity contribution in [3.8, 4) is 0 Å². The van der Waals surface area contributed by atoms with Crippen LogP contribution in [-0.2, 0) is 14.4 Å². The number of hydrogen-bond donors (Lipinski definition) is 2. The highest BCUT2D eigenvalue weighted by Gasteiger charge is 2.29. The van der Waals surface area contributed by atoms with Gasteiger partial charge >= 0.3 is 0 Å². The molecule has 0 aromatic rings. The molecular formula is C19H36N2O3. The van der Waals surface area contributed by atoms with Crippen molar-refractivity contribution in [3.63, 3.8) is 0 Å². The van der Waals surface area contributed by atoms with Crippen LogP contribution in [0.3, 0.4) is 0 Å². The Hall–Kier alpha value is -1.39. The molecule has 0 saturated carbocycles. The molecule has 2 amide bonds. The Morgan fingerprint density at radius 3 is 1.38 bits per heavy atom. The van der Waals surface area contributed by atoms with Gasteiger partial charge in [0.25, 0.3) is 0 Å². The lowest BCUT2D eigenvalue weighted by molar-refractivity contribution is -0.139. The molecule has 0 saturated heterocycles. The highest BCUT2D eigenvalue weighted by atomic mass is 16.2. The first kappa shape index (κ1) is 22.6. The fourth-order valence-corrected chi connectivity index (χ4v) is 2.47. The average molecular weight is 341 g/mol. The van der Waals surface area contributed by atoms with Crippen molar-refractivity contribution in [2.24, 2.45) is 11.8 Å². The van der Waals surface area contributed by atoms with Gasteiger partial charge in [-0.05, 0) is 26.7 Å². The highest BCUT2D eigenvalue weighted by molar-refractivity contribution is 6.10. The van der Waals surface area contributed by atoms with Gasteiger partial charge in [0.15, 0.2) is 5.78 Å². The summed E-state index contributed by atoms with van der Waals surface area (Å²) in [7, 11) is 0. The average Bonchev–Trinajstić information content (AvgIpc) is 2.58. The van der Waals surface area contributed by atoms with E-state index in [1.165, 1.54) is 0 Å². The minimum atomic E-state index is -0.781. The molecule has 0 fully saturated rings. The number of Topliss-reactive ketones (excluding diaryl/α,β-unsaturated/α-hetero) is 1. The van der Waals surface area contributed by atoms with Crippen LogP contribution < -0.4 is 10.6 Å². The van der Waals surface area contributed by atoms with Gasteiger partial charge in [-0.1, -0.05) is 52.4 Å². The predicted octanol–water partition coefficient (Wildman–Crippen LogP) is 3.22. The van der Waals surface area contributed by atoms with Gasteiger partial charge < -0.3 is 10.6 Å². The first-order valence-corrected chi connectivity index (χ1v) is 9.54.